The number of hydrogen-bond donors (Lipinski definition) is 0. The third kappa shape index (κ3) is 7.24. The van der Waals surface area contributed by atoms with Crippen molar-refractivity contribution in [3.8, 4) is 0 Å². The summed E-state index contributed by atoms with van der Waals surface area (Å²) in [6.45, 7) is 15.2. The Hall–Kier alpha value is -3.07. The minimum atomic E-state index is -2.87. The molecule has 3 nitrogen and oxygen atoms in total. The van der Waals surface area contributed by atoms with Crippen LogP contribution in [0.25, 0.3) is 0 Å². The standard InChI is InChI=1S/C43H50O3SeSi2/c1-42(2,3)48(35-24-14-8-15-25-35,36-26-16-9-17-27-36)45-32-39-41(40(33-44-39)47-34-22-12-7-13-23-34)46-49(43(4,5)6,37-28-18-10-19-29-37)38-30-20-11-21-31-38/h7-31,39-41H,32-33H2,1-6H3/t39-,40-,41-/m1/s1. The fraction of sp³-hybridized carbons (Fsp3) is 0.302. The van der Waals surface area contributed by atoms with E-state index in [1.54, 1.807) is 0 Å². The van der Waals surface area contributed by atoms with Gasteiger partial charge in [0.15, 0.2) is 0 Å². The van der Waals surface area contributed by atoms with Gasteiger partial charge in [-0.05, 0) is 0 Å². The van der Waals surface area contributed by atoms with Crippen LogP contribution in [0.1, 0.15) is 41.5 Å². The van der Waals surface area contributed by atoms with Gasteiger partial charge in [-0.25, -0.2) is 0 Å². The molecule has 6 rings (SSSR count). The van der Waals surface area contributed by atoms with Gasteiger partial charge < -0.3 is 0 Å². The van der Waals surface area contributed by atoms with E-state index < -0.39 is 16.6 Å². The second-order valence-electron chi connectivity index (χ2n) is 15.1. The van der Waals surface area contributed by atoms with Gasteiger partial charge >= 0.3 is 304 Å². The molecule has 1 fully saturated rings. The summed E-state index contributed by atoms with van der Waals surface area (Å²) in [4.78, 5) is 0.240. The first-order valence-electron chi connectivity index (χ1n) is 17.4. The fourth-order valence-electron chi connectivity index (χ4n) is 7.58. The average Bonchev–Trinajstić information content (AvgIpc) is 3.48. The molecule has 1 aliphatic rings. The predicted octanol–water partition coefficient (Wildman–Crippen LogP) is 6.73. The van der Waals surface area contributed by atoms with Crippen LogP contribution in [-0.2, 0) is 13.6 Å². The number of ether oxygens (including phenoxy) is 1. The zero-order chi connectivity index (χ0) is 34.5. The Morgan fingerprint density at radius 1 is 0.551 bits per heavy atom. The molecule has 0 aliphatic carbocycles. The van der Waals surface area contributed by atoms with Crippen LogP contribution in [0.2, 0.25) is 14.9 Å². The van der Waals surface area contributed by atoms with Gasteiger partial charge in [0.2, 0.25) is 0 Å². The quantitative estimate of drug-likeness (QED) is 0.141. The third-order valence-electron chi connectivity index (χ3n) is 9.85. The monoisotopic (exact) mass is 750 g/mol. The Morgan fingerprint density at radius 3 is 1.31 bits per heavy atom. The maximum absolute atomic E-state index is 7.96. The topological polar surface area (TPSA) is 27.7 Å². The first kappa shape index (κ1) is 35.7. The van der Waals surface area contributed by atoms with E-state index in [1.807, 2.05) is 0 Å². The van der Waals surface area contributed by atoms with E-state index in [0.29, 0.717) is 13.2 Å². The van der Waals surface area contributed by atoms with Gasteiger partial charge in [-0.1, -0.05) is 0 Å². The number of hydrogen-bond acceptors (Lipinski definition) is 3. The summed E-state index contributed by atoms with van der Waals surface area (Å²) >= 11 is 0.156. The molecule has 254 valence electrons. The second kappa shape index (κ2) is 15.0. The van der Waals surface area contributed by atoms with Gasteiger partial charge in [-0.15, -0.1) is 0 Å². The molecule has 6 heteroatoms. The molecule has 5 aromatic rings. The molecule has 3 atom stereocenters. The van der Waals surface area contributed by atoms with Gasteiger partial charge in [0.1, 0.15) is 0 Å². The Kier molecular flexibility index (Phi) is 11.0. The summed E-state index contributed by atoms with van der Waals surface area (Å²) < 4.78 is 23.7. The van der Waals surface area contributed by atoms with E-state index in [0.717, 1.165) is 0 Å². The van der Waals surface area contributed by atoms with E-state index in [9.17, 15) is 0 Å². The average molecular weight is 750 g/mol. The van der Waals surface area contributed by atoms with Crippen LogP contribution in [-0.4, -0.2) is 57.0 Å². The predicted molar refractivity (Wildman–Crippen MR) is 211 cm³/mol. The maximum atomic E-state index is 7.96. The number of rotatable bonds is 11. The van der Waals surface area contributed by atoms with Crippen molar-refractivity contribution >= 4 is 56.8 Å². The summed E-state index contributed by atoms with van der Waals surface area (Å²) in [6.07, 6.45) is -0.344. The van der Waals surface area contributed by atoms with Crippen LogP contribution in [0.15, 0.2) is 152 Å². The normalized spacial score (nSPS) is 18.8. The van der Waals surface area contributed by atoms with Crippen molar-refractivity contribution in [3.63, 3.8) is 0 Å². The zero-order valence-electron chi connectivity index (χ0n) is 29.7. The molecule has 1 aliphatic heterocycles. The first-order chi connectivity index (χ1) is 23.6. The SMILES string of the molecule is CC(C)(C)[Si](OC[C@H]1OC[C@@H]([Se]c2ccccc2)[C@@H]1O[Si](c1ccccc1)(c1ccccc1)C(C)(C)C)(c1ccccc1)c1ccccc1. The van der Waals surface area contributed by atoms with Gasteiger partial charge in [0.05, 0.1) is 0 Å². The molecule has 0 N–H and O–H groups in total. The molecule has 0 amide bonds. The van der Waals surface area contributed by atoms with Crippen molar-refractivity contribution in [1.29, 1.82) is 0 Å². The van der Waals surface area contributed by atoms with Crippen molar-refractivity contribution in [1.82, 2.24) is 0 Å². The Morgan fingerprint density at radius 2 is 0.918 bits per heavy atom. The van der Waals surface area contributed by atoms with E-state index in [4.69, 9.17) is 13.6 Å². The second-order valence-corrected chi connectivity index (χ2v) is 26.4. The Labute approximate surface area is 302 Å². The van der Waals surface area contributed by atoms with Gasteiger partial charge in [0, 0.05) is 0 Å². The van der Waals surface area contributed by atoms with E-state index in [2.05, 4.69) is 193 Å². The zero-order valence-corrected chi connectivity index (χ0v) is 33.4. The molecule has 5 aromatic carbocycles. The molecule has 1 heterocycles. The van der Waals surface area contributed by atoms with Crippen molar-refractivity contribution in [2.75, 3.05) is 13.2 Å². The van der Waals surface area contributed by atoms with Crippen LogP contribution in [0.3, 0.4) is 0 Å². The van der Waals surface area contributed by atoms with Crippen molar-refractivity contribution in [3.05, 3.63) is 152 Å². The number of benzene rings is 5. The molecule has 0 saturated carbocycles. The van der Waals surface area contributed by atoms with Crippen LogP contribution in [0.4, 0.5) is 0 Å². The van der Waals surface area contributed by atoms with Crippen LogP contribution < -0.4 is 25.2 Å². The molecule has 0 spiro atoms. The van der Waals surface area contributed by atoms with Gasteiger partial charge in [0.25, 0.3) is 0 Å². The molecular weight excluding hydrogens is 700 g/mol. The van der Waals surface area contributed by atoms with Gasteiger partial charge in [-0.2, -0.15) is 0 Å². The molecule has 49 heavy (non-hydrogen) atoms. The van der Waals surface area contributed by atoms with Crippen molar-refractivity contribution < 1.29 is 13.6 Å². The molecule has 0 radical (unpaired) electrons. The molecule has 0 unspecified atom stereocenters. The summed E-state index contributed by atoms with van der Waals surface area (Å²) in [6, 6.07) is 54.7. The molecule has 0 aromatic heterocycles. The van der Waals surface area contributed by atoms with E-state index >= 15 is 0 Å². The van der Waals surface area contributed by atoms with Gasteiger partial charge in [-0.3, -0.25) is 0 Å². The van der Waals surface area contributed by atoms with Crippen LogP contribution in [0.5, 0.6) is 0 Å². The third-order valence-corrected chi connectivity index (χ3v) is 22.5. The van der Waals surface area contributed by atoms with Crippen molar-refractivity contribution in [2.45, 2.75) is 68.6 Å². The Bertz CT molecular complexity index is 1660. The van der Waals surface area contributed by atoms with Crippen LogP contribution >= 0.6 is 0 Å². The summed E-state index contributed by atoms with van der Waals surface area (Å²) in [5.41, 5.74) is 0. The fourth-order valence-corrected chi connectivity index (χ4v) is 19.6. The van der Waals surface area contributed by atoms with Crippen molar-refractivity contribution in [2.24, 2.45) is 0 Å². The summed E-state index contributed by atoms with van der Waals surface area (Å²) in [7, 11) is -5.65. The molecule has 0 bridgehead atoms. The van der Waals surface area contributed by atoms with E-state index in [1.165, 1.54) is 25.2 Å². The van der Waals surface area contributed by atoms with Crippen LogP contribution in [0, 0.1) is 0 Å². The molecule has 1 saturated heterocycles. The minimum absolute atomic E-state index is 0.129. The summed E-state index contributed by atoms with van der Waals surface area (Å²) in [5, 5.41) is 4.86. The van der Waals surface area contributed by atoms with E-state index in [-0.39, 0.29) is 42.1 Å². The first-order valence-corrected chi connectivity index (χ1v) is 23.1. The molecular formula is C43H50O3SeSi2. The Balaban J connectivity index is 1.46. The summed E-state index contributed by atoms with van der Waals surface area (Å²) in [5.74, 6) is 0.